The highest BCUT2D eigenvalue weighted by Gasteiger charge is 2.02. The van der Waals surface area contributed by atoms with Gasteiger partial charge in [-0.15, -0.1) is 0 Å². The Kier molecular flexibility index (Phi) is 3.55. The van der Waals surface area contributed by atoms with Crippen LogP contribution in [-0.2, 0) is 0 Å². The zero-order valence-corrected chi connectivity index (χ0v) is 12.3. The zero-order chi connectivity index (χ0) is 13.1. The molecule has 0 spiro atoms. The van der Waals surface area contributed by atoms with E-state index in [0.717, 1.165) is 15.0 Å². The van der Waals surface area contributed by atoms with Gasteiger partial charge < -0.3 is 0 Å². The van der Waals surface area contributed by atoms with Crippen molar-refractivity contribution in [2.75, 3.05) is 0 Å². The highest BCUT2D eigenvalue weighted by Crippen LogP contribution is 2.23. The molecule has 0 aliphatic carbocycles. The first-order chi connectivity index (χ1) is 9.33. The maximum Gasteiger partial charge on any atom is 0.120 e. The third-order valence-corrected chi connectivity index (χ3v) is 3.41. The predicted octanol–water partition coefficient (Wildman–Crippen LogP) is 4.42. The van der Waals surface area contributed by atoms with Crippen LogP contribution in [0.2, 0.25) is 0 Å². The fourth-order valence-corrected chi connectivity index (χ4v) is 2.37. The van der Waals surface area contributed by atoms with Crippen molar-refractivity contribution >= 4 is 22.6 Å². The molecule has 1 heterocycles. The van der Waals surface area contributed by atoms with E-state index in [0.29, 0.717) is 0 Å². The molecule has 0 fully saturated rings. The van der Waals surface area contributed by atoms with Gasteiger partial charge in [0.05, 0.1) is 18.1 Å². The number of nitrogens with zero attached hydrogens (tertiary/aromatic N) is 2. The van der Waals surface area contributed by atoms with E-state index in [-0.39, 0.29) is 0 Å². The summed E-state index contributed by atoms with van der Waals surface area (Å²) in [4.78, 5) is 8.64. The van der Waals surface area contributed by atoms with Crippen LogP contribution in [0.4, 0.5) is 0 Å². The molecular formula is C16H11IN2. The summed E-state index contributed by atoms with van der Waals surface area (Å²) in [7, 11) is 0. The lowest BCUT2D eigenvalue weighted by atomic mass is 10.0. The summed E-state index contributed by atoms with van der Waals surface area (Å²) >= 11 is 2.17. The summed E-state index contributed by atoms with van der Waals surface area (Å²) in [6.45, 7) is 0. The van der Waals surface area contributed by atoms with E-state index in [4.69, 9.17) is 0 Å². The van der Waals surface area contributed by atoms with E-state index in [9.17, 15) is 0 Å². The van der Waals surface area contributed by atoms with Gasteiger partial charge in [0, 0.05) is 5.56 Å². The molecular weight excluding hydrogens is 347 g/mol. The van der Waals surface area contributed by atoms with Crippen molar-refractivity contribution in [3.8, 4) is 22.4 Å². The summed E-state index contributed by atoms with van der Waals surface area (Å²) in [6.07, 6.45) is 3.54. The molecule has 2 nitrogen and oxygen atoms in total. The van der Waals surface area contributed by atoms with Crippen LogP contribution in [0.25, 0.3) is 22.4 Å². The number of aromatic nitrogens is 2. The van der Waals surface area contributed by atoms with Crippen molar-refractivity contribution in [3.63, 3.8) is 0 Å². The van der Waals surface area contributed by atoms with E-state index in [1.165, 1.54) is 11.1 Å². The number of hydrogen-bond acceptors (Lipinski definition) is 2. The van der Waals surface area contributed by atoms with Crippen LogP contribution in [0.5, 0.6) is 0 Å². The lowest BCUT2D eigenvalue weighted by Gasteiger charge is -2.04. The van der Waals surface area contributed by atoms with Crippen molar-refractivity contribution in [1.82, 2.24) is 9.97 Å². The monoisotopic (exact) mass is 358 g/mol. The third-order valence-electron chi connectivity index (χ3n) is 2.89. The fraction of sp³-hybridized carbons (Fsp3) is 0. The number of benzene rings is 2. The minimum Gasteiger partial charge on any atom is -0.260 e. The Morgan fingerprint density at radius 2 is 1.32 bits per heavy atom. The van der Waals surface area contributed by atoms with Crippen molar-refractivity contribution in [3.05, 3.63) is 70.7 Å². The highest BCUT2D eigenvalue weighted by molar-refractivity contribution is 14.1. The van der Waals surface area contributed by atoms with Crippen LogP contribution in [-0.4, -0.2) is 9.97 Å². The van der Waals surface area contributed by atoms with Crippen molar-refractivity contribution < 1.29 is 0 Å². The lowest BCUT2D eigenvalue weighted by molar-refractivity contribution is 1.17. The summed E-state index contributed by atoms with van der Waals surface area (Å²) in [5.74, 6) is 0. The first-order valence-electron chi connectivity index (χ1n) is 5.96. The fourth-order valence-electron chi connectivity index (χ4n) is 1.95. The topological polar surface area (TPSA) is 25.8 Å². The molecule has 0 unspecified atom stereocenters. The van der Waals surface area contributed by atoms with Gasteiger partial charge in [0.15, 0.2) is 0 Å². The molecule has 3 rings (SSSR count). The number of halogens is 1. The summed E-state index contributed by atoms with van der Waals surface area (Å²) in [5.41, 5.74) is 4.43. The SMILES string of the molecule is Ic1cncc(-c2ccc(-c3ccccc3)cc2)n1. The van der Waals surface area contributed by atoms with Gasteiger partial charge in [0.1, 0.15) is 3.70 Å². The Hall–Kier alpha value is -1.75. The van der Waals surface area contributed by atoms with Gasteiger partial charge in [-0.1, -0.05) is 54.6 Å². The molecule has 0 radical (unpaired) electrons. The minimum absolute atomic E-state index is 0.905. The van der Waals surface area contributed by atoms with E-state index < -0.39 is 0 Å². The normalized spacial score (nSPS) is 10.4. The van der Waals surface area contributed by atoms with E-state index in [1.54, 1.807) is 12.4 Å². The molecule has 3 heteroatoms. The molecule has 1 aromatic heterocycles. The average Bonchev–Trinajstić information content (AvgIpc) is 2.48. The summed E-state index contributed by atoms with van der Waals surface area (Å²) in [6, 6.07) is 18.8. The third kappa shape index (κ3) is 2.81. The summed E-state index contributed by atoms with van der Waals surface area (Å²) in [5, 5.41) is 0. The van der Waals surface area contributed by atoms with Gasteiger partial charge in [-0.3, -0.25) is 4.98 Å². The van der Waals surface area contributed by atoms with Gasteiger partial charge in [-0.05, 0) is 33.7 Å². The number of rotatable bonds is 2. The van der Waals surface area contributed by atoms with Gasteiger partial charge in [0.25, 0.3) is 0 Å². The molecule has 3 aromatic rings. The van der Waals surface area contributed by atoms with Crippen molar-refractivity contribution in [2.45, 2.75) is 0 Å². The van der Waals surface area contributed by atoms with Gasteiger partial charge >= 0.3 is 0 Å². The second-order valence-electron chi connectivity index (χ2n) is 4.17. The van der Waals surface area contributed by atoms with Crippen LogP contribution < -0.4 is 0 Å². The van der Waals surface area contributed by atoms with Gasteiger partial charge in [-0.2, -0.15) is 0 Å². The Morgan fingerprint density at radius 1 is 0.684 bits per heavy atom. The molecule has 2 aromatic carbocycles. The molecule has 0 atom stereocenters. The first-order valence-corrected chi connectivity index (χ1v) is 7.04. The van der Waals surface area contributed by atoms with Gasteiger partial charge in [-0.25, -0.2) is 4.98 Å². The molecule has 0 aliphatic heterocycles. The Morgan fingerprint density at radius 3 is 2.00 bits per heavy atom. The van der Waals surface area contributed by atoms with Crippen LogP contribution >= 0.6 is 22.6 Å². The molecule has 0 aliphatic rings. The number of hydrogen-bond donors (Lipinski definition) is 0. The molecule has 0 saturated carbocycles. The first kappa shape index (κ1) is 12.3. The maximum atomic E-state index is 4.47. The van der Waals surface area contributed by atoms with Crippen LogP contribution in [0.15, 0.2) is 67.0 Å². The van der Waals surface area contributed by atoms with Crippen LogP contribution in [0.3, 0.4) is 0 Å². The van der Waals surface area contributed by atoms with E-state index in [1.807, 2.05) is 18.2 Å². The summed E-state index contributed by atoms with van der Waals surface area (Å²) < 4.78 is 0.905. The quantitative estimate of drug-likeness (QED) is 0.634. The molecule has 0 N–H and O–H groups in total. The minimum atomic E-state index is 0.905. The molecule has 0 amide bonds. The zero-order valence-electron chi connectivity index (χ0n) is 10.1. The average molecular weight is 358 g/mol. The Labute approximate surface area is 125 Å². The smallest absolute Gasteiger partial charge is 0.120 e. The van der Waals surface area contributed by atoms with Gasteiger partial charge in [0.2, 0.25) is 0 Å². The van der Waals surface area contributed by atoms with Crippen LogP contribution in [0.1, 0.15) is 0 Å². The largest absolute Gasteiger partial charge is 0.260 e. The molecule has 92 valence electrons. The van der Waals surface area contributed by atoms with E-state index in [2.05, 4.69) is 69.0 Å². The highest BCUT2D eigenvalue weighted by atomic mass is 127. The standard InChI is InChI=1S/C16H11IN2/c17-16-11-18-10-15(19-16)14-8-6-13(7-9-14)12-4-2-1-3-5-12/h1-11H. The van der Waals surface area contributed by atoms with Crippen molar-refractivity contribution in [2.24, 2.45) is 0 Å². The predicted molar refractivity (Wildman–Crippen MR) is 85.6 cm³/mol. The Balaban J connectivity index is 1.95. The molecule has 0 bridgehead atoms. The Bertz CT molecular complexity index is 679. The lowest BCUT2D eigenvalue weighted by Crippen LogP contribution is -1.88. The second kappa shape index (κ2) is 5.48. The second-order valence-corrected chi connectivity index (χ2v) is 5.28. The van der Waals surface area contributed by atoms with E-state index >= 15 is 0 Å². The van der Waals surface area contributed by atoms with Crippen LogP contribution in [0, 0.1) is 3.70 Å². The van der Waals surface area contributed by atoms with Crippen molar-refractivity contribution in [1.29, 1.82) is 0 Å². The molecule has 19 heavy (non-hydrogen) atoms. The maximum absolute atomic E-state index is 4.47. The molecule has 0 saturated heterocycles.